The largest absolute Gasteiger partial charge is 0.355 e. The number of hydrogen-bond acceptors (Lipinski definition) is 1. The van der Waals surface area contributed by atoms with Gasteiger partial charge in [-0.3, -0.25) is 4.79 Å². The molecule has 0 heterocycles. The Morgan fingerprint density at radius 1 is 1.33 bits per heavy atom. The van der Waals surface area contributed by atoms with E-state index in [1.165, 1.54) is 12.8 Å². The molecule has 3 heteroatoms. The highest BCUT2D eigenvalue weighted by Crippen LogP contribution is 2.25. The van der Waals surface area contributed by atoms with Crippen molar-refractivity contribution in [3.8, 4) is 0 Å². The number of benzene rings is 1. The zero-order valence-electron chi connectivity index (χ0n) is 10.5. The van der Waals surface area contributed by atoms with Crippen molar-refractivity contribution in [2.45, 2.75) is 31.6 Å². The van der Waals surface area contributed by atoms with E-state index in [9.17, 15) is 4.79 Å². The molecule has 1 amide bonds. The van der Waals surface area contributed by atoms with Crippen molar-refractivity contribution >= 4 is 17.5 Å². The predicted octanol–water partition coefficient (Wildman–Crippen LogP) is 3.56. The second kappa shape index (κ2) is 6.24. The molecule has 1 aromatic carbocycles. The number of amides is 1. The molecule has 1 N–H and O–H groups in total. The van der Waals surface area contributed by atoms with Crippen molar-refractivity contribution in [1.29, 1.82) is 0 Å². The van der Waals surface area contributed by atoms with Crippen LogP contribution >= 0.6 is 11.6 Å². The molecule has 1 saturated carbocycles. The summed E-state index contributed by atoms with van der Waals surface area (Å²) in [5, 5.41) is 3.73. The Hall–Kier alpha value is -1.02. The minimum absolute atomic E-state index is 0.0765. The summed E-state index contributed by atoms with van der Waals surface area (Å²) in [6, 6.07) is 7.63. The maximum Gasteiger partial charge on any atom is 0.223 e. The van der Waals surface area contributed by atoms with Crippen LogP contribution < -0.4 is 5.32 Å². The van der Waals surface area contributed by atoms with Crippen LogP contribution in [0.5, 0.6) is 0 Å². The van der Waals surface area contributed by atoms with Crippen LogP contribution in [0.1, 0.15) is 37.2 Å². The Morgan fingerprint density at radius 3 is 2.56 bits per heavy atom. The van der Waals surface area contributed by atoms with E-state index in [4.69, 9.17) is 11.6 Å². The summed E-state index contributed by atoms with van der Waals surface area (Å²) < 4.78 is 0. The van der Waals surface area contributed by atoms with Gasteiger partial charge in [-0.1, -0.05) is 36.6 Å². The summed E-state index contributed by atoms with van der Waals surface area (Å²) in [6.45, 7) is 4.67. The van der Waals surface area contributed by atoms with Crippen LogP contribution in [0.3, 0.4) is 0 Å². The van der Waals surface area contributed by atoms with Gasteiger partial charge in [-0.05, 0) is 37.5 Å². The molecule has 0 saturated heterocycles. The summed E-state index contributed by atoms with van der Waals surface area (Å²) in [6.07, 6.45) is 4.44. The molecule has 1 unspecified atom stereocenters. The summed E-state index contributed by atoms with van der Waals surface area (Å²) in [7, 11) is 0. The molecule has 1 fully saturated rings. The smallest absolute Gasteiger partial charge is 0.223 e. The van der Waals surface area contributed by atoms with E-state index in [1.807, 2.05) is 24.3 Å². The lowest BCUT2D eigenvalue weighted by Gasteiger charge is -2.15. The number of nitrogens with one attached hydrogen (secondary N) is 1. The van der Waals surface area contributed by atoms with Crippen LogP contribution in [0.4, 0.5) is 0 Å². The first-order chi connectivity index (χ1) is 8.66. The molecular formula is C15H19ClNO. The van der Waals surface area contributed by atoms with Gasteiger partial charge in [-0.15, -0.1) is 0 Å². The van der Waals surface area contributed by atoms with E-state index < -0.39 is 0 Å². The van der Waals surface area contributed by atoms with Gasteiger partial charge < -0.3 is 5.32 Å². The van der Waals surface area contributed by atoms with Crippen LogP contribution in [-0.4, -0.2) is 12.5 Å². The standard InChI is InChI=1S/C15H19ClNO/c1-11(12-6-8-14(16)9-7-12)10-17-15(18)13-4-2-3-5-13/h6-9,11,13H,1-5,10H2,(H,17,18). The molecule has 97 valence electrons. The number of carbonyl (C=O) groups excluding carboxylic acids is 1. The van der Waals surface area contributed by atoms with E-state index in [2.05, 4.69) is 12.2 Å². The summed E-state index contributed by atoms with van der Waals surface area (Å²) in [5.74, 6) is 0.491. The average Bonchev–Trinajstić information content (AvgIpc) is 2.90. The van der Waals surface area contributed by atoms with Gasteiger partial charge in [0.1, 0.15) is 0 Å². The second-order valence-corrected chi connectivity index (χ2v) is 5.41. The van der Waals surface area contributed by atoms with Gasteiger partial charge in [0.05, 0.1) is 0 Å². The number of carbonyl (C=O) groups is 1. The Balaban J connectivity index is 1.82. The highest BCUT2D eigenvalue weighted by atomic mass is 35.5. The monoisotopic (exact) mass is 264 g/mol. The highest BCUT2D eigenvalue weighted by Gasteiger charge is 2.22. The second-order valence-electron chi connectivity index (χ2n) is 4.98. The molecule has 2 rings (SSSR count). The maximum atomic E-state index is 11.9. The van der Waals surface area contributed by atoms with Crippen molar-refractivity contribution < 1.29 is 4.79 Å². The van der Waals surface area contributed by atoms with Crippen LogP contribution in [-0.2, 0) is 4.79 Å². The average molecular weight is 265 g/mol. The normalized spacial score (nSPS) is 17.7. The molecule has 0 spiro atoms. The number of halogens is 1. The SMILES string of the molecule is [CH2]C(CNC(=O)C1CCCC1)c1ccc(Cl)cc1. The van der Waals surface area contributed by atoms with Crippen molar-refractivity contribution in [1.82, 2.24) is 5.32 Å². The minimum atomic E-state index is 0.0765. The van der Waals surface area contributed by atoms with E-state index in [0.717, 1.165) is 23.4 Å². The molecule has 1 radical (unpaired) electrons. The molecule has 1 aliphatic carbocycles. The lowest BCUT2D eigenvalue weighted by atomic mass is 10.0. The number of rotatable bonds is 4. The van der Waals surface area contributed by atoms with Gasteiger partial charge in [-0.25, -0.2) is 0 Å². The van der Waals surface area contributed by atoms with Crippen LogP contribution in [0, 0.1) is 12.8 Å². The molecule has 0 aliphatic heterocycles. The third-order valence-corrected chi connectivity index (χ3v) is 3.84. The first kappa shape index (κ1) is 13.4. The Morgan fingerprint density at radius 2 is 1.94 bits per heavy atom. The maximum absolute atomic E-state index is 11.9. The zero-order valence-corrected chi connectivity index (χ0v) is 11.2. The fraction of sp³-hybridized carbons (Fsp3) is 0.467. The summed E-state index contributed by atoms with van der Waals surface area (Å²) in [4.78, 5) is 11.9. The first-order valence-electron chi connectivity index (χ1n) is 6.53. The molecule has 0 aromatic heterocycles. The van der Waals surface area contributed by atoms with Crippen LogP contribution in [0.25, 0.3) is 0 Å². The van der Waals surface area contributed by atoms with E-state index in [-0.39, 0.29) is 17.7 Å². The third-order valence-electron chi connectivity index (χ3n) is 3.59. The molecule has 1 aliphatic rings. The van der Waals surface area contributed by atoms with Gasteiger partial charge in [-0.2, -0.15) is 0 Å². The van der Waals surface area contributed by atoms with Crippen molar-refractivity contribution in [3.05, 3.63) is 41.8 Å². The van der Waals surface area contributed by atoms with Gasteiger partial charge in [0, 0.05) is 23.4 Å². The summed E-state index contributed by atoms with van der Waals surface area (Å²) in [5.41, 5.74) is 1.10. The zero-order chi connectivity index (χ0) is 13.0. The number of hydrogen-bond donors (Lipinski definition) is 1. The third kappa shape index (κ3) is 3.49. The van der Waals surface area contributed by atoms with Crippen molar-refractivity contribution in [2.75, 3.05) is 6.54 Å². The first-order valence-corrected chi connectivity index (χ1v) is 6.91. The Labute approximate surface area is 114 Å². The molecule has 0 bridgehead atoms. The van der Waals surface area contributed by atoms with E-state index in [0.29, 0.717) is 6.54 Å². The van der Waals surface area contributed by atoms with Crippen molar-refractivity contribution in [2.24, 2.45) is 5.92 Å². The van der Waals surface area contributed by atoms with E-state index >= 15 is 0 Å². The van der Waals surface area contributed by atoms with Gasteiger partial charge in [0.15, 0.2) is 0 Å². The molecule has 18 heavy (non-hydrogen) atoms. The van der Waals surface area contributed by atoms with Crippen LogP contribution in [0.15, 0.2) is 24.3 Å². The quantitative estimate of drug-likeness (QED) is 0.885. The van der Waals surface area contributed by atoms with Crippen LogP contribution in [0.2, 0.25) is 5.02 Å². The molecule has 1 aromatic rings. The molecule has 1 atom stereocenters. The van der Waals surface area contributed by atoms with E-state index in [1.54, 1.807) is 0 Å². The lowest BCUT2D eigenvalue weighted by Crippen LogP contribution is -2.32. The fourth-order valence-electron chi connectivity index (χ4n) is 2.41. The lowest BCUT2D eigenvalue weighted by molar-refractivity contribution is -0.124. The fourth-order valence-corrected chi connectivity index (χ4v) is 2.53. The minimum Gasteiger partial charge on any atom is -0.355 e. The summed E-state index contributed by atoms with van der Waals surface area (Å²) >= 11 is 5.84. The predicted molar refractivity (Wildman–Crippen MR) is 74.5 cm³/mol. The van der Waals surface area contributed by atoms with Gasteiger partial charge in [0.25, 0.3) is 0 Å². The van der Waals surface area contributed by atoms with Gasteiger partial charge >= 0.3 is 0 Å². The van der Waals surface area contributed by atoms with Gasteiger partial charge in [0.2, 0.25) is 5.91 Å². The Bertz CT molecular complexity index is 395. The Kier molecular flexibility index (Phi) is 4.65. The molecule has 2 nitrogen and oxygen atoms in total. The topological polar surface area (TPSA) is 29.1 Å². The highest BCUT2D eigenvalue weighted by molar-refractivity contribution is 6.30. The van der Waals surface area contributed by atoms with Crippen molar-refractivity contribution in [3.63, 3.8) is 0 Å². The molecular weight excluding hydrogens is 246 g/mol.